The number of rotatable bonds is 6. The molecule has 0 bridgehead atoms. The van der Waals surface area contributed by atoms with Crippen molar-refractivity contribution in [3.05, 3.63) is 34.9 Å². The van der Waals surface area contributed by atoms with Crippen molar-refractivity contribution in [1.29, 1.82) is 0 Å². The minimum absolute atomic E-state index is 0.119. The SMILES string of the molecule is COC(=O)[C@@H](Cc1c(C)cccc1C)NC(=O)CC(C)C. The van der Waals surface area contributed by atoms with E-state index in [0.717, 1.165) is 16.7 Å². The molecule has 0 aliphatic rings. The first-order chi connectivity index (χ1) is 9.85. The molecule has 0 aliphatic carbocycles. The molecular weight excluding hydrogens is 266 g/mol. The minimum atomic E-state index is -0.638. The van der Waals surface area contributed by atoms with Gasteiger partial charge >= 0.3 is 5.97 Å². The second-order valence-electron chi connectivity index (χ2n) is 5.82. The normalized spacial score (nSPS) is 12.1. The number of hydrogen-bond acceptors (Lipinski definition) is 3. The van der Waals surface area contributed by atoms with Crippen LogP contribution in [0.15, 0.2) is 18.2 Å². The summed E-state index contributed by atoms with van der Waals surface area (Å²) in [6, 6.07) is 5.36. The van der Waals surface area contributed by atoms with E-state index in [1.54, 1.807) is 0 Å². The summed E-state index contributed by atoms with van der Waals surface area (Å²) in [5, 5.41) is 2.79. The summed E-state index contributed by atoms with van der Waals surface area (Å²) in [5.41, 5.74) is 3.31. The Morgan fingerprint density at radius 1 is 1.19 bits per heavy atom. The van der Waals surface area contributed by atoms with E-state index in [1.807, 2.05) is 45.9 Å². The van der Waals surface area contributed by atoms with Crippen LogP contribution in [0.2, 0.25) is 0 Å². The molecule has 0 spiro atoms. The van der Waals surface area contributed by atoms with E-state index in [9.17, 15) is 9.59 Å². The Balaban J connectivity index is 2.89. The fourth-order valence-electron chi connectivity index (χ4n) is 2.33. The van der Waals surface area contributed by atoms with Crippen molar-refractivity contribution in [3.8, 4) is 0 Å². The number of aryl methyl sites for hydroxylation is 2. The molecule has 0 aliphatic heterocycles. The molecule has 0 aromatic heterocycles. The van der Waals surface area contributed by atoms with Gasteiger partial charge in [-0.25, -0.2) is 4.79 Å². The smallest absolute Gasteiger partial charge is 0.328 e. The lowest BCUT2D eigenvalue weighted by atomic mass is 9.96. The highest BCUT2D eigenvalue weighted by molar-refractivity contribution is 5.84. The van der Waals surface area contributed by atoms with Crippen LogP contribution < -0.4 is 5.32 Å². The van der Waals surface area contributed by atoms with Crippen LogP contribution in [0.5, 0.6) is 0 Å². The molecule has 4 heteroatoms. The Labute approximate surface area is 126 Å². The molecule has 0 radical (unpaired) electrons. The Morgan fingerprint density at radius 2 is 1.76 bits per heavy atom. The van der Waals surface area contributed by atoms with Gasteiger partial charge in [-0.2, -0.15) is 0 Å². The van der Waals surface area contributed by atoms with E-state index in [4.69, 9.17) is 4.74 Å². The second kappa shape index (κ2) is 7.81. The summed E-state index contributed by atoms with van der Waals surface area (Å²) in [6.07, 6.45) is 0.856. The third kappa shape index (κ3) is 5.21. The van der Waals surface area contributed by atoms with Crippen LogP contribution in [0.4, 0.5) is 0 Å². The van der Waals surface area contributed by atoms with Gasteiger partial charge in [0.05, 0.1) is 7.11 Å². The third-order valence-electron chi connectivity index (χ3n) is 3.47. The molecule has 1 N–H and O–H groups in total. The van der Waals surface area contributed by atoms with Gasteiger partial charge < -0.3 is 10.1 Å². The quantitative estimate of drug-likeness (QED) is 0.820. The zero-order valence-corrected chi connectivity index (χ0v) is 13.5. The number of amides is 1. The van der Waals surface area contributed by atoms with Gasteiger partial charge in [-0.3, -0.25) is 4.79 Å². The predicted octanol–water partition coefficient (Wildman–Crippen LogP) is 2.55. The maximum absolute atomic E-state index is 11.9. The topological polar surface area (TPSA) is 55.4 Å². The Kier molecular flexibility index (Phi) is 6.40. The monoisotopic (exact) mass is 291 g/mol. The Bertz CT molecular complexity index is 489. The number of carbonyl (C=O) groups excluding carboxylic acids is 2. The highest BCUT2D eigenvalue weighted by Crippen LogP contribution is 2.16. The molecule has 0 heterocycles. The largest absolute Gasteiger partial charge is 0.467 e. The lowest BCUT2D eigenvalue weighted by Crippen LogP contribution is -2.43. The molecule has 0 saturated carbocycles. The van der Waals surface area contributed by atoms with Crippen LogP contribution >= 0.6 is 0 Å². The lowest BCUT2D eigenvalue weighted by molar-refractivity contribution is -0.145. The summed E-state index contributed by atoms with van der Waals surface area (Å²) >= 11 is 0. The molecule has 4 nitrogen and oxygen atoms in total. The Hall–Kier alpha value is -1.84. The van der Waals surface area contributed by atoms with Crippen molar-refractivity contribution in [2.45, 2.75) is 46.6 Å². The minimum Gasteiger partial charge on any atom is -0.467 e. The van der Waals surface area contributed by atoms with Crippen LogP contribution in [-0.4, -0.2) is 25.0 Å². The number of carbonyl (C=O) groups is 2. The maximum Gasteiger partial charge on any atom is 0.328 e. The molecule has 0 fully saturated rings. The number of ether oxygens (including phenoxy) is 1. The number of hydrogen-bond donors (Lipinski definition) is 1. The highest BCUT2D eigenvalue weighted by atomic mass is 16.5. The molecule has 1 aromatic rings. The average molecular weight is 291 g/mol. The molecule has 116 valence electrons. The zero-order chi connectivity index (χ0) is 16.0. The number of benzene rings is 1. The third-order valence-corrected chi connectivity index (χ3v) is 3.47. The van der Waals surface area contributed by atoms with E-state index in [1.165, 1.54) is 7.11 Å². The van der Waals surface area contributed by atoms with Gasteiger partial charge in [0.25, 0.3) is 0 Å². The van der Waals surface area contributed by atoms with E-state index >= 15 is 0 Å². The van der Waals surface area contributed by atoms with Gasteiger partial charge in [0.2, 0.25) is 5.91 Å². The summed E-state index contributed by atoms with van der Waals surface area (Å²) in [6.45, 7) is 7.95. The van der Waals surface area contributed by atoms with Crippen molar-refractivity contribution in [1.82, 2.24) is 5.32 Å². The lowest BCUT2D eigenvalue weighted by Gasteiger charge is -2.19. The van der Waals surface area contributed by atoms with Gasteiger partial charge in [0.1, 0.15) is 6.04 Å². The van der Waals surface area contributed by atoms with Crippen molar-refractivity contribution in [2.24, 2.45) is 5.92 Å². The summed E-state index contributed by atoms with van der Waals surface area (Å²) in [5.74, 6) is -0.273. The summed E-state index contributed by atoms with van der Waals surface area (Å²) < 4.78 is 4.82. The first kappa shape index (κ1) is 17.2. The molecule has 1 atom stereocenters. The van der Waals surface area contributed by atoms with E-state index in [0.29, 0.717) is 12.8 Å². The molecule has 1 rings (SSSR count). The van der Waals surface area contributed by atoms with Crippen LogP contribution in [0, 0.1) is 19.8 Å². The van der Waals surface area contributed by atoms with E-state index in [-0.39, 0.29) is 11.8 Å². The van der Waals surface area contributed by atoms with Crippen LogP contribution in [0.3, 0.4) is 0 Å². The standard InChI is InChI=1S/C17H25NO3/c1-11(2)9-16(19)18-15(17(20)21-5)10-14-12(3)7-6-8-13(14)4/h6-8,11,15H,9-10H2,1-5H3,(H,18,19)/t15-/m1/s1. The molecule has 0 saturated heterocycles. The van der Waals surface area contributed by atoms with E-state index in [2.05, 4.69) is 5.32 Å². The number of methoxy groups -OCH3 is 1. The average Bonchev–Trinajstić information content (AvgIpc) is 2.40. The van der Waals surface area contributed by atoms with Gasteiger partial charge in [-0.1, -0.05) is 32.0 Å². The fourth-order valence-corrected chi connectivity index (χ4v) is 2.33. The van der Waals surface area contributed by atoms with Crippen LogP contribution in [-0.2, 0) is 20.7 Å². The van der Waals surface area contributed by atoms with Gasteiger partial charge in [-0.05, 0) is 36.5 Å². The molecule has 21 heavy (non-hydrogen) atoms. The first-order valence-electron chi connectivity index (χ1n) is 7.27. The fraction of sp³-hybridized carbons (Fsp3) is 0.529. The molecule has 1 amide bonds. The second-order valence-corrected chi connectivity index (χ2v) is 5.82. The highest BCUT2D eigenvalue weighted by Gasteiger charge is 2.23. The maximum atomic E-state index is 11.9. The number of nitrogens with one attached hydrogen (secondary N) is 1. The van der Waals surface area contributed by atoms with Crippen LogP contribution in [0.1, 0.15) is 37.0 Å². The molecular formula is C17H25NO3. The van der Waals surface area contributed by atoms with Crippen LogP contribution in [0.25, 0.3) is 0 Å². The van der Waals surface area contributed by atoms with Gasteiger partial charge in [0.15, 0.2) is 0 Å². The van der Waals surface area contributed by atoms with Crippen molar-refractivity contribution < 1.29 is 14.3 Å². The predicted molar refractivity (Wildman–Crippen MR) is 83.0 cm³/mol. The summed E-state index contributed by atoms with van der Waals surface area (Å²) in [4.78, 5) is 23.8. The van der Waals surface area contributed by atoms with Crippen molar-refractivity contribution in [3.63, 3.8) is 0 Å². The zero-order valence-electron chi connectivity index (χ0n) is 13.5. The molecule has 0 unspecified atom stereocenters. The van der Waals surface area contributed by atoms with Crippen molar-refractivity contribution >= 4 is 11.9 Å². The van der Waals surface area contributed by atoms with Gasteiger partial charge in [0, 0.05) is 12.8 Å². The number of esters is 1. The molecule has 1 aromatic carbocycles. The first-order valence-corrected chi connectivity index (χ1v) is 7.27. The van der Waals surface area contributed by atoms with Gasteiger partial charge in [-0.15, -0.1) is 0 Å². The Morgan fingerprint density at radius 3 is 2.24 bits per heavy atom. The summed E-state index contributed by atoms with van der Waals surface area (Å²) in [7, 11) is 1.34. The van der Waals surface area contributed by atoms with Crippen molar-refractivity contribution in [2.75, 3.05) is 7.11 Å². The van der Waals surface area contributed by atoms with E-state index < -0.39 is 12.0 Å².